The molecule has 7 nitrogen and oxygen atoms in total. The summed E-state index contributed by atoms with van der Waals surface area (Å²) in [7, 11) is -0.0844. The summed E-state index contributed by atoms with van der Waals surface area (Å²) in [5.41, 5.74) is 1.96. The van der Waals surface area contributed by atoms with Crippen LogP contribution in [0.4, 0.5) is 5.69 Å². The fraction of sp³-hybridized carbons (Fsp3) is 0.368. The van der Waals surface area contributed by atoms with E-state index in [2.05, 4.69) is 4.72 Å². The van der Waals surface area contributed by atoms with Gasteiger partial charge in [-0.2, -0.15) is 0 Å². The van der Waals surface area contributed by atoms with Crippen molar-refractivity contribution in [2.45, 2.75) is 31.2 Å². The van der Waals surface area contributed by atoms with Gasteiger partial charge in [0.1, 0.15) is 0 Å². The summed E-state index contributed by atoms with van der Waals surface area (Å²) >= 11 is 0. The lowest BCUT2D eigenvalue weighted by Crippen LogP contribution is -2.41. The van der Waals surface area contributed by atoms with Gasteiger partial charge in [0.2, 0.25) is 10.0 Å². The van der Waals surface area contributed by atoms with Gasteiger partial charge in [-0.25, -0.2) is 13.1 Å². The SMILES string of the molecule is Cc1cc([N+](=O)[O-])cc(S(=O)(=O)NCC(Cc2ccccc2)N(C)C)c1C. The molecule has 0 saturated carbocycles. The van der Waals surface area contributed by atoms with Gasteiger partial charge >= 0.3 is 0 Å². The minimum atomic E-state index is -3.87. The summed E-state index contributed by atoms with van der Waals surface area (Å²) in [6.07, 6.45) is 0.684. The third kappa shape index (κ3) is 5.35. The molecule has 0 aliphatic rings. The van der Waals surface area contributed by atoms with Crippen molar-refractivity contribution < 1.29 is 13.3 Å². The third-order valence-corrected chi connectivity index (χ3v) is 6.21. The number of benzene rings is 2. The van der Waals surface area contributed by atoms with Crippen LogP contribution >= 0.6 is 0 Å². The molecule has 1 atom stereocenters. The standard InChI is InChI=1S/C19H25N3O4S/c1-14-10-17(22(23)24)12-19(15(14)2)27(25,26)20-13-18(21(3)4)11-16-8-6-5-7-9-16/h5-10,12,18,20H,11,13H2,1-4H3. The van der Waals surface area contributed by atoms with Crippen LogP contribution in [0, 0.1) is 24.0 Å². The van der Waals surface area contributed by atoms with Crippen LogP contribution in [-0.4, -0.2) is 44.9 Å². The average Bonchev–Trinajstić information content (AvgIpc) is 2.61. The molecule has 2 rings (SSSR count). The molecule has 2 aromatic rings. The molecule has 0 radical (unpaired) electrons. The molecule has 0 fully saturated rings. The van der Waals surface area contributed by atoms with Crippen molar-refractivity contribution in [3.05, 3.63) is 69.3 Å². The summed E-state index contributed by atoms with van der Waals surface area (Å²) < 4.78 is 28.2. The second-order valence-electron chi connectivity index (χ2n) is 6.80. The Morgan fingerprint density at radius 2 is 1.78 bits per heavy atom. The van der Waals surface area contributed by atoms with Crippen molar-refractivity contribution in [1.29, 1.82) is 0 Å². The molecular formula is C19H25N3O4S. The number of aryl methyl sites for hydroxylation is 1. The van der Waals surface area contributed by atoms with Crippen molar-refractivity contribution in [2.24, 2.45) is 0 Å². The van der Waals surface area contributed by atoms with Gasteiger partial charge in [0.05, 0.1) is 9.82 Å². The molecule has 0 bridgehead atoms. The number of hydrogen-bond donors (Lipinski definition) is 1. The summed E-state index contributed by atoms with van der Waals surface area (Å²) in [5.74, 6) is 0. The molecular weight excluding hydrogens is 366 g/mol. The Bertz CT molecular complexity index is 912. The largest absolute Gasteiger partial charge is 0.305 e. The quantitative estimate of drug-likeness (QED) is 0.552. The van der Waals surface area contributed by atoms with E-state index in [-0.39, 0.29) is 23.2 Å². The fourth-order valence-electron chi connectivity index (χ4n) is 2.80. The Labute approximate surface area is 160 Å². The number of nitro benzene ring substituents is 1. The van der Waals surface area contributed by atoms with Crippen molar-refractivity contribution in [1.82, 2.24) is 9.62 Å². The second-order valence-corrected chi connectivity index (χ2v) is 8.54. The van der Waals surface area contributed by atoms with Crippen molar-refractivity contribution in [2.75, 3.05) is 20.6 Å². The molecule has 0 spiro atoms. The summed E-state index contributed by atoms with van der Waals surface area (Å²) in [5, 5.41) is 11.1. The Balaban J connectivity index is 2.23. The van der Waals surface area contributed by atoms with Gasteiger partial charge in [-0.1, -0.05) is 30.3 Å². The summed E-state index contributed by atoms with van der Waals surface area (Å²) in [6.45, 7) is 3.52. The van der Waals surface area contributed by atoms with E-state index in [4.69, 9.17) is 0 Å². The maximum absolute atomic E-state index is 12.8. The van der Waals surface area contributed by atoms with Crippen LogP contribution in [0.2, 0.25) is 0 Å². The van der Waals surface area contributed by atoms with E-state index in [1.54, 1.807) is 13.8 Å². The lowest BCUT2D eigenvalue weighted by atomic mass is 10.1. The maximum Gasteiger partial charge on any atom is 0.271 e. The van der Waals surface area contributed by atoms with Crippen LogP contribution in [0.1, 0.15) is 16.7 Å². The number of nitro groups is 1. The van der Waals surface area contributed by atoms with Gasteiger partial charge in [-0.15, -0.1) is 0 Å². The number of non-ortho nitro benzene ring substituents is 1. The van der Waals surface area contributed by atoms with Gasteiger partial charge in [0.25, 0.3) is 5.69 Å². The van der Waals surface area contributed by atoms with Gasteiger partial charge in [-0.05, 0) is 51.1 Å². The molecule has 27 heavy (non-hydrogen) atoms. The van der Waals surface area contributed by atoms with Crippen LogP contribution in [-0.2, 0) is 16.4 Å². The van der Waals surface area contributed by atoms with Crippen molar-refractivity contribution >= 4 is 15.7 Å². The molecule has 0 heterocycles. The van der Waals surface area contributed by atoms with Crippen LogP contribution in [0.5, 0.6) is 0 Å². The number of nitrogens with one attached hydrogen (secondary N) is 1. The molecule has 2 aromatic carbocycles. The van der Waals surface area contributed by atoms with Gasteiger partial charge in [0.15, 0.2) is 0 Å². The molecule has 0 amide bonds. The minimum Gasteiger partial charge on any atom is -0.305 e. The molecule has 0 saturated heterocycles. The molecule has 146 valence electrons. The van der Waals surface area contributed by atoms with Gasteiger partial charge in [-0.3, -0.25) is 10.1 Å². The minimum absolute atomic E-state index is 0.0496. The second kappa shape index (κ2) is 8.60. The first-order valence-electron chi connectivity index (χ1n) is 8.57. The topological polar surface area (TPSA) is 92.5 Å². The van der Waals surface area contributed by atoms with Crippen LogP contribution in [0.15, 0.2) is 47.4 Å². The number of sulfonamides is 1. The fourth-order valence-corrected chi connectivity index (χ4v) is 4.21. The van der Waals surface area contributed by atoms with Crippen molar-refractivity contribution in [3.63, 3.8) is 0 Å². The molecule has 0 aliphatic carbocycles. The Kier molecular flexibility index (Phi) is 6.69. The first-order chi connectivity index (χ1) is 12.6. The number of rotatable bonds is 8. The van der Waals surface area contributed by atoms with Crippen LogP contribution in [0.25, 0.3) is 0 Å². The zero-order valence-corrected chi connectivity index (χ0v) is 16.8. The third-order valence-electron chi connectivity index (χ3n) is 4.66. The molecule has 1 N–H and O–H groups in total. The predicted molar refractivity (Wildman–Crippen MR) is 105 cm³/mol. The Morgan fingerprint density at radius 3 is 2.33 bits per heavy atom. The van der Waals surface area contributed by atoms with Crippen molar-refractivity contribution in [3.8, 4) is 0 Å². The first kappa shape index (κ1) is 21.0. The normalized spacial score (nSPS) is 12.9. The molecule has 8 heteroatoms. The predicted octanol–water partition coefficient (Wildman–Crippen LogP) is 2.66. The number of nitrogens with zero attached hydrogens (tertiary/aromatic N) is 2. The highest BCUT2D eigenvalue weighted by Crippen LogP contribution is 2.25. The molecule has 1 unspecified atom stereocenters. The van der Waals surface area contributed by atoms with Crippen LogP contribution < -0.4 is 4.72 Å². The van der Waals surface area contributed by atoms with E-state index in [1.165, 1.54) is 6.07 Å². The highest BCUT2D eigenvalue weighted by Gasteiger charge is 2.24. The highest BCUT2D eigenvalue weighted by atomic mass is 32.2. The van der Waals surface area contributed by atoms with Gasteiger partial charge < -0.3 is 4.90 Å². The Hall–Kier alpha value is -2.29. The lowest BCUT2D eigenvalue weighted by Gasteiger charge is -2.25. The lowest BCUT2D eigenvalue weighted by molar-refractivity contribution is -0.385. The van der Waals surface area contributed by atoms with E-state index in [0.29, 0.717) is 17.5 Å². The van der Waals surface area contributed by atoms with Crippen LogP contribution in [0.3, 0.4) is 0 Å². The molecule has 0 aromatic heterocycles. The van der Waals surface area contributed by atoms with Gasteiger partial charge in [0, 0.05) is 24.7 Å². The monoisotopic (exact) mass is 391 g/mol. The van der Waals surface area contributed by atoms with E-state index < -0.39 is 14.9 Å². The van der Waals surface area contributed by atoms with E-state index >= 15 is 0 Å². The maximum atomic E-state index is 12.8. The smallest absolute Gasteiger partial charge is 0.271 e. The number of likely N-dealkylation sites (N-methyl/N-ethyl adjacent to an activating group) is 1. The highest BCUT2D eigenvalue weighted by molar-refractivity contribution is 7.89. The molecule has 0 aliphatic heterocycles. The average molecular weight is 391 g/mol. The zero-order valence-electron chi connectivity index (χ0n) is 16.0. The van der Waals surface area contributed by atoms with E-state index in [9.17, 15) is 18.5 Å². The Morgan fingerprint density at radius 1 is 1.15 bits per heavy atom. The number of hydrogen-bond acceptors (Lipinski definition) is 5. The summed E-state index contributed by atoms with van der Waals surface area (Å²) in [6, 6.07) is 12.3. The van der Waals surface area contributed by atoms with E-state index in [0.717, 1.165) is 11.6 Å². The zero-order chi connectivity index (χ0) is 20.2. The summed E-state index contributed by atoms with van der Waals surface area (Å²) in [4.78, 5) is 12.4. The van der Waals surface area contributed by atoms with E-state index in [1.807, 2.05) is 49.3 Å². The first-order valence-corrected chi connectivity index (χ1v) is 10.1.